The lowest BCUT2D eigenvalue weighted by Crippen LogP contribution is -2.51. The van der Waals surface area contributed by atoms with Crippen LogP contribution in [0, 0.1) is 5.92 Å². The number of carbonyl (C=O) groups is 2. The molecule has 0 spiro atoms. The molecule has 0 aliphatic rings. The molecule has 3 rings (SSSR count). The summed E-state index contributed by atoms with van der Waals surface area (Å²) in [4.78, 5) is 29.1. The van der Waals surface area contributed by atoms with E-state index in [1.54, 1.807) is 41.3 Å². The summed E-state index contributed by atoms with van der Waals surface area (Å²) in [7, 11) is -2.16. The molecule has 0 unspecified atom stereocenters. The number of sulfonamides is 1. The van der Waals surface area contributed by atoms with Crippen molar-refractivity contribution in [3.8, 4) is 0 Å². The predicted molar refractivity (Wildman–Crippen MR) is 159 cm³/mol. The second kappa shape index (κ2) is 15.0. The maximum atomic E-state index is 13.8. The minimum Gasteiger partial charge on any atom is -0.354 e. The SMILES string of the molecule is CC(C)CNC(=O)[C@@H](Cc1ccccc1)N(Cc1ccccc1Cl)C(=O)CCCN(C)S(=O)(=O)c1ccccc1. The first-order valence-corrected chi connectivity index (χ1v) is 15.3. The number of amides is 2. The summed E-state index contributed by atoms with van der Waals surface area (Å²) in [5.74, 6) is -0.232. The smallest absolute Gasteiger partial charge is 0.243 e. The number of halogens is 1. The van der Waals surface area contributed by atoms with Crippen LogP contribution in [-0.4, -0.2) is 55.6 Å². The highest BCUT2D eigenvalue weighted by molar-refractivity contribution is 7.89. The average molecular weight is 584 g/mol. The number of hydrogen-bond acceptors (Lipinski definition) is 4. The van der Waals surface area contributed by atoms with E-state index in [-0.39, 0.29) is 42.1 Å². The molecular formula is C31H38ClN3O4S. The molecule has 0 aromatic heterocycles. The first-order chi connectivity index (χ1) is 19.1. The highest BCUT2D eigenvalue weighted by Gasteiger charge is 2.31. The van der Waals surface area contributed by atoms with Gasteiger partial charge in [0, 0.05) is 44.5 Å². The fourth-order valence-corrected chi connectivity index (χ4v) is 5.70. The van der Waals surface area contributed by atoms with Gasteiger partial charge in [0.2, 0.25) is 21.8 Å². The monoisotopic (exact) mass is 583 g/mol. The molecule has 7 nitrogen and oxygen atoms in total. The Bertz CT molecular complexity index is 1350. The molecule has 0 heterocycles. The number of hydrogen-bond donors (Lipinski definition) is 1. The second-order valence-electron chi connectivity index (χ2n) is 10.2. The standard InChI is InChI=1S/C31H38ClN3O4S/c1-24(2)22-33-31(37)29(21-25-13-6-4-7-14-25)35(23-26-15-10-11-18-28(26)32)30(36)19-12-20-34(3)40(38,39)27-16-8-5-9-17-27/h4-11,13-18,24,29H,12,19-23H2,1-3H3,(H,33,37)/t29-/m1/s1. The van der Waals surface area contributed by atoms with Crippen LogP contribution in [0.15, 0.2) is 89.8 Å². The Hall–Kier alpha value is -3.20. The molecule has 0 fully saturated rings. The zero-order valence-corrected chi connectivity index (χ0v) is 24.9. The Morgan fingerprint density at radius 2 is 1.50 bits per heavy atom. The van der Waals surface area contributed by atoms with Crippen LogP contribution >= 0.6 is 11.6 Å². The van der Waals surface area contributed by atoms with Gasteiger partial charge in [-0.05, 0) is 41.7 Å². The van der Waals surface area contributed by atoms with Crippen LogP contribution in [0.1, 0.15) is 37.8 Å². The van der Waals surface area contributed by atoms with Gasteiger partial charge in [-0.3, -0.25) is 9.59 Å². The predicted octanol–water partition coefficient (Wildman–Crippen LogP) is 5.15. The van der Waals surface area contributed by atoms with Crippen molar-refractivity contribution in [1.29, 1.82) is 0 Å². The Labute approximate surface area is 243 Å². The van der Waals surface area contributed by atoms with E-state index in [4.69, 9.17) is 11.6 Å². The van der Waals surface area contributed by atoms with Gasteiger partial charge in [-0.15, -0.1) is 0 Å². The highest BCUT2D eigenvalue weighted by atomic mass is 35.5. The lowest BCUT2D eigenvalue weighted by Gasteiger charge is -2.32. The largest absolute Gasteiger partial charge is 0.354 e. The summed E-state index contributed by atoms with van der Waals surface area (Å²) in [6, 6.07) is 24.3. The van der Waals surface area contributed by atoms with E-state index in [9.17, 15) is 18.0 Å². The van der Waals surface area contributed by atoms with Gasteiger partial charge in [0.15, 0.2) is 0 Å². The summed E-state index contributed by atoms with van der Waals surface area (Å²) >= 11 is 6.46. The van der Waals surface area contributed by atoms with E-state index in [1.165, 1.54) is 11.4 Å². The molecule has 0 radical (unpaired) electrons. The fourth-order valence-electron chi connectivity index (χ4n) is 4.28. The van der Waals surface area contributed by atoms with Gasteiger partial charge in [0.1, 0.15) is 6.04 Å². The molecule has 214 valence electrons. The third-order valence-electron chi connectivity index (χ3n) is 6.57. The number of rotatable bonds is 14. The van der Waals surface area contributed by atoms with Crippen LogP contribution in [0.4, 0.5) is 0 Å². The number of carbonyl (C=O) groups excluding carboxylic acids is 2. The van der Waals surface area contributed by atoms with Gasteiger partial charge in [-0.1, -0.05) is 92.2 Å². The summed E-state index contributed by atoms with van der Waals surface area (Å²) in [6.07, 6.45) is 0.706. The van der Waals surface area contributed by atoms with Crippen LogP contribution in [0.3, 0.4) is 0 Å². The van der Waals surface area contributed by atoms with E-state index in [0.29, 0.717) is 24.4 Å². The molecular weight excluding hydrogens is 546 g/mol. The molecule has 40 heavy (non-hydrogen) atoms. The van der Waals surface area contributed by atoms with Crippen LogP contribution in [0.5, 0.6) is 0 Å². The molecule has 0 saturated carbocycles. The zero-order chi connectivity index (χ0) is 29.1. The van der Waals surface area contributed by atoms with Gasteiger partial charge in [-0.2, -0.15) is 0 Å². The molecule has 3 aromatic rings. The molecule has 3 aromatic carbocycles. The van der Waals surface area contributed by atoms with E-state index in [1.807, 2.05) is 62.4 Å². The maximum Gasteiger partial charge on any atom is 0.243 e. The quantitative estimate of drug-likeness (QED) is 0.284. The molecule has 0 bridgehead atoms. The third-order valence-corrected chi connectivity index (χ3v) is 8.81. The second-order valence-corrected chi connectivity index (χ2v) is 12.7. The van der Waals surface area contributed by atoms with Crippen molar-refractivity contribution in [1.82, 2.24) is 14.5 Å². The lowest BCUT2D eigenvalue weighted by molar-refractivity contribution is -0.141. The van der Waals surface area contributed by atoms with Gasteiger partial charge >= 0.3 is 0 Å². The molecule has 0 saturated heterocycles. The molecule has 1 N–H and O–H groups in total. The van der Waals surface area contributed by atoms with Crippen molar-refractivity contribution >= 4 is 33.4 Å². The van der Waals surface area contributed by atoms with Gasteiger partial charge in [0.25, 0.3) is 0 Å². The van der Waals surface area contributed by atoms with E-state index in [2.05, 4.69) is 5.32 Å². The van der Waals surface area contributed by atoms with Crippen molar-refractivity contribution in [2.45, 2.75) is 50.6 Å². The number of benzene rings is 3. The Morgan fingerprint density at radius 1 is 0.900 bits per heavy atom. The third kappa shape index (κ3) is 8.91. The van der Waals surface area contributed by atoms with Crippen molar-refractivity contribution in [3.05, 3.63) is 101 Å². The molecule has 1 atom stereocenters. The van der Waals surface area contributed by atoms with E-state index < -0.39 is 16.1 Å². The first-order valence-electron chi connectivity index (χ1n) is 13.5. The highest BCUT2D eigenvalue weighted by Crippen LogP contribution is 2.22. The molecule has 0 aliphatic carbocycles. The van der Waals surface area contributed by atoms with Crippen LogP contribution in [-0.2, 0) is 32.6 Å². The van der Waals surface area contributed by atoms with Gasteiger partial charge in [0.05, 0.1) is 4.90 Å². The average Bonchev–Trinajstić information content (AvgIpc) is 2.95. The molecule has 2 amide bonds. The molecule has 0 aliphatic heterocycles. The number of nitrogens with zero attached hydrogens (tertiary/aromatic N) is 2. The first kappa shape index (κ1) is 31.3. The van der Waals surface area contributed by atoms with E-state index in [0.717, 1.165) is 11.1 Å². The summed E-state index contributed by atoms with van der Waals surface area (Å²) in [5, 5.41) is 3.51. The fraction of sp³-hybridized carbons (Fsp3) is 0.355. The van der Waals surface area contributed by atoms with Gasteiger partial charge < -0.3 is 10.2 Å². The van der Waals surface area contributed by atoms with Crippen LogP contribution < -0.4 is 5.32 Å². The Kier molecular flexibility index (Phi) is 11.7. The van der Waals surface area contributed by atoms with E-state index >= 15 is 0 Å². The normalized spacial score (nSPS) is 12.3. The Morgan fingerprint density at radius 3 is 2.12 bits per heavy atom. The van der Waals surface area contributed by atoms with Crippen molar-refractivity contribution in [3.63, 3.8) is 0 Å². The van der Waals surface area contributed by atoms with Crippen molar-refractivity contribution in [2.24, 2.45) is 5.92 Å². The summed E-state index contributed by atoms with van der Waals surface area (Å²) in [5.41, 5.74) is 1.66. The van der Waals surface area contributed by atoms with Crippen LogP contribution in [0.2, 0.25) is 5.02 Å². The molecule has 9 heteroatoms. The maximum absolute atomic E-state index is 13.8. The Balaban J connectivity index is 1.83. The summed E-state index contributed by atoms with van der Waals surface area (Å²) in [6.45, 7) is 4.83. The lowest BCUT2D eigenvalue weighted by atomic mass is 10.0. The minimum atomic E-state index is -3.67. The van der Waals surface area contributed by atoms with Crippen molar-refractivity contribution in [2.75, 3.05) is 20.1 Å². The summed E-state index contributed by atoms with van der Waals surface area (Å²) < 4.78 is 27.1. The zero-order valence-electron chi connectivity index (χ0n) is 23.3. The minimum absolute atomic E-state index is 0.0713. The van der Waals surface area contributed by atoms with Crippen molar-refractivity contribution < 1.29 is 18.0 Å². The van der Waals surface area contributed by atoms with Gasteiger partial charge in [-0.25, -0.2) is 12.7 Å². The number of nitrogens with one attached hydrogen (secondary N) is 1. The topological polar surface area (TPSA) is 86.8 Å². The van der Waals surface area contributed by atoms with Crippen LogP contribution in [0.25, 0.3) is 0 Å².